The zero-order valence-electron chi connectivity index (χ0n) is 10.6. The van der Waals surface area contributed by atoms with Gasteiger partial charge in [-0.05, 0) is 52.9 Å². The number of nitrogens with one attached hydrogen (secondary N) is 1. The third kappa shape index (κ3) is 2.72. The molecule has 0 radical (unpaired) electrons. The van der Waals surface area contributed by atoms with Crippen LogP contribution in [0.2, 0.25) is 0 Å². The quantitative estimate of drug-likeness (QED) is 0.832. The van der Waals surface area contributed by atoms with Crippen LogP contribution >= 0.6 is 22.6 Å². The number of fused-ring (bicyclic) bond motifs is 1. The average molecular weight is 381 g/mol. The number of rotatable bonds is 3. The van der Waals surface area contributed by atoms with E-state index in [4.69, 9.17) is 9.47 Å². The molecule has 20 heavy (non-hydrogen) atoms. The summed E-state index contributed by atoms with van der Waals surface area (Å²) < 4.78 is 11.8. The number of hydrogen-bond donors (Lipinski definition) is 1. The summed E-state index contributed by atoms with van der Waals surface area (Å²) in [7, 11) is 0. The van der Waals surface area contributed by atoms with Gasteiger partial charge in [0.25, 0.3) is 5.91 Å². The highest BCUT2D eigenvalue weighted by atomic mass is 127. The molecule has 0 unspecified atom stereocenters. The number of ether oxygens (including phenoxy) is 2. The van der Waals surface area contributed by atoms with Crippen molar-refractivity contribution < 1.29 is 14.3 Å². The Morgan fingerprint density at radius 1 is 1.15 bits per heavy atom. The topological polar surface area (TPSA) is 47.6 Å². The van der Waals surface area contributed by atoms with Crippen LogP contribution in [-0.4, -0.2) is 12.7 Å². The highest BCUT2D eigenvalue weighted by Crippen LogP contribution is 2.35. The van der Waals surface area contributed by atoms with Crippen LogP contribution in [-0.2, 0) is 6.54 Å². The standard InChI is InChI=1S/C15H12INO3/c16-12-6-4-10(5-7-12)15(18)17-8-11-2-1-3-13-14(11)20-9-19-13/h1-7H,8-9H2,(H,17,18). The summed E-state index contributed by atoms with van der Waals surface area (Å²) in [5.74, 6) is 1.35. The molecule has 0 aromatic heterocycles. The molecule has 0 aliphatic carbocycles. The maximum atomic E-state index is 12.0. The van der Waals surface area contributed by atoms with Gasteiger partial charge in [0, 0.05) is 21.2 Å². The van der Waals surface area contributed by atoms with Crippen LogP contribution in [0.4, 0.5) is 0 Å². The number of halogens is 1. The molecule has 0 atom stereocenters. The fraction of sp³-hybridized carbons (Fsp3) is 0.133. The minimum atomic E-state index is -0.0991. The number of para-hydroxylation sites is 1. The molecule has 0 bridgehead atoms. The summed E-state index contributed by atoms with van der Waals surface area (Å²) in [5.41, 5.74) is 1.56. The molecule has 3 rings (SSSR count). The number of benzene rings is 2. The van der Waals surface area contributed by atoms with Crippen molar-refractivity contribution in [3.8, 4) is 11.5 Å². The minimum absolute atomic E-state index is 0.0991. The molecule has 2 aromatic carbocycles. The number of carbonyl (C=O) groups excluding carboxylic acids is 1. The molecule has 102 valence electrons. The fourth-order valence-corrected chi connectivity index (χ4v) is 2.37. The molecule has 0 saturated heterocycles. The molecular weight excluding hydrogens is 369 g/mol. The van der Waals surface area contributed by atoms with Crippen molar-refractivity contribution in [3.05, 3.63) is 57.2 Å². The van der Waals surface area contributed by atoms with Crippen molar-refractivity contribution in [2.24, 2.45) is 0 Å². The van der Waals surface area contributed by atoms with Gasteiger partial charge in [-0.15, -0.1) is 0 Å². The van der Waals surface area contributed by atoms with Crippen molar-refractivity contribution in [3.63, 3.8) is 0 Å². The summed E-state index contributed by atoms with van der Waals surface area (Å²) in [5, 5.41) is 2.89. The second-order valence-electron chi connectivity index (χ2n) is 4.34. The van der Waals surface area contributed by atoms with E-state index >= 15 is 0 Å². The highest BCUT2D eigenvalue weighted by Gasteiger charge is 2.17. The van der Waals surface area contributed by atoms with E-state index in [0.717, 1.165) is 20.6 Å². The lowest BCUT2D eigenvalue weighted by Crippen LogP contribution is -2.22. The van der Waals surface area contributed by atoms with Crippen LogP contribution in [0.25, 0.3) is 0 Å². The predicted octanol–water partition coefficient (Wildman–Crippen LogP) is 2.95. The molecule has 1 aliphatic rings. The van der Waals surface area contributed by atoms with Gasteiger partial charge in [0.2, 0.25) is 6.79 Å². The second kappa shape index (κ2) is 5.70. The van der Waals surface area contributed by atoms with Gasteiger partial charge in [-0.3, -0.25) is 4.79 Å². The summed E-state index contributed by atoms with van der Waals surface area (Å²) in [6, 6.07) is 13.1. The number of amides is 1. The molecule has 1 N–H and O–H groups in total. The molecular formula is C15H12INO3. The molecule has 0 fully saturated rings. The summed E-state index contributed by atoms with van der Waals surface area (Å²) >= 11 is 2.21. The Bertz CT molecular complexity index is 640. The maximum Gasteiger partial charge on any atom is 0.251 e. The predicted molar refractivity (Wildman–Crippen MR) is 82.9 cm³/mol. The van der Waals surface area contributed by atoms with Crippen molar-refractivity contribution in [2.45, 2.75) is 6.54 Å². The first kappa shape index (κ1) is 13.2. The number of carbonyl (C=O) groups is 1. The zero-order chi connectivity index (χ0) is 13.9. The zero-order valence-corrected chi connectivity index (χ0v) is 12.7. The molecule has 1 aliphatic heterocycles. The fourth-order valence-electron chi connectivity index (χ4n) is 2.01. The Morgan fingerprint density at radius 2 is 1.95 bits per heavy atom. The van der Waals surface area contributed by atoms with Crippen LogP contribution in [0.5, 0.6) is 11.5 Å². The van der Waals surface area contributed by atoms with Gasteiger partial charge in [0.15, 0.2) is 11.5 Å². The van der Waals surface area contributed by atoms with E-state index < -0.39 is 0 Å². The SMILES string of the molecule is O=C(NCc1cccc2c1OCO2)c1ccc(I)cc1. The molecule has 4 nitrogen and oxygen atoms in total. The first-order valence-corrected chi connectivity index (χ1v) is 7.23. The Balaban J connectivity index is 1.69. The van der Waals surface area contributed by atoms with Gasteiger partial charge >= 0.3 is 0 Å². The Labute approximate surface area is 130 Å². The van der Waals surface area contributed by atoms with E-state index in [0.29, 0.717) is 12.1 Å². The summed E-state index contributed by atoms with van der Waals surface area (Å²) in [4.78, 5) is 12.0. The lowest BCUT2D eigenvalue weighted by atomic mass is 10.1. The molecule has 1 heterocycles. The van der Waals surface area contributed by atoms with Crippen LogP contribution in [0, 0.1) is 3.57 Å². The molecule has 5 heteroatoms. The molecule has 2 aromatic rings. The second-order valence-corrected chi connectivity index (χ2v) is 5.59. The highest BCUT2D eigenvalue weighted by molar-refractivity contribution is 14.1. The van der Waals surface area contributed by atoms with Gasteiger partial charge in [0.1, 0.15) is 0 Å². The third-order valence-electron chi connectivity index (χ3n) is 3.02. The van der Waals surface area contributed by atoms with Gasteiger partial charge in [0.05, 0.1) is 0 Å². The van der Waals surface area contributed by atoms with E-state index in [1.54, 1.807) is 0 Å². The maximum absolute atomic E-state index is 12.0. The van der Waals surface area contributed by atoms with Crippen molar-refractivity contribution in [2.75, 3.05) is 6.79 Å². The largest absolute Gasteiger partial charge is 0.454 e. The van der Waals surface area contributed by atoms with Crippen LogP contribution in [0.1, 0.15) is 15.9 Å². The summed E-state index contributed by atoms with van der Waals surface area (Å²) in [6.45, 7) is 0.648. The van der Waals surface area contributed by atoms with E-state index in [2.05, 4.69) is 27.9 Å². The normalized spacial score (nSPS) is 12.2. The van der Waals surface area contributed by atoms with E-state index in [1.165, 1.54) is 0 Å². The van der Waals surface area contributed by atoms with Crippen LogP contribution in [0.3, 0.4) is 0 Å². The first-order valence-electron chi connectivity index (χ1n) is 6.15. The third-order valence-corrected chi connectivity index (χ3v) is 3.74. The summed E-state index contributed by atoms with van der Waals surface area (Å²) in [6.07, 6.45) is 0. The van der Waals surface area contributed by atoms with Crippen molar-refractivity contribution in [1.29, 1.82) is 0 Å². The monoisotopic (exact) mass is 381 g/mol. The van der Waals surface area contributed by atoms with E-state index in [1.807, 2.05) is 42.5 Å². The van der Waals surface area contributed by atoms with E-state index in [9.17, 15) is 4.79 Å². The van der Waals surface area contributed by atoms with Gasteiger partial charge in [-0.2, -0.15) is 0 Å². The van der Waals surface area contributed by atoms with Crippen molar-refractivity contribution >= 4 is 28.5 Å². The molecule has 0 saturated carbocycles. The lowest BCUT2D eigenvalue weighted by molar-refractivity contribution is 0.0950. The van der Waals surface area contributed by atoms with Gasteiger partial charge in [-0.1, -0.05) is 12.1 Å². The van der Waals surface area contributed by atoms with Gasteiger partial charge in [-0.25, -0.2) is 0 Å². The van der Waals surface area contributed by atoms with Crippen molar-refractivity contribution in [1.82, 2.24) is 5.32 Å². The van der Waals surface area contributed by atoms with E-state index in [-0.39, 0.29) is 12.7 Å². The molecule has 1 amide bonds. The smallest absolute Gasteiger partial charge is 0.251 e. The van der Waals surface area contributed by atoms with Gasteiger partial charge < -0.3 is 14.8 Å². The molecule has 0 spiro atoms. The average Bonchev–Trinajstić information content (AvgIpc) is 2.94. The Hall–Kier alpha value is -1.76. The minimum Gasteiger partial charge on any atom is -0.454 e. The van der Waals surface area contributed by atoms with Crippen LogP contribution in [0.15, 0.2) is 42.5 Å². The lowest BCUT2D eigenvalue weighted by Gasteiger charge is -2.08. The van der Waals surface area contributed by atoms with Crippen LogP contribution < -0.4 is 14.8 Å². The first-order chi connectivity index (χ1) is 9.74. The number of hydrogen-bond acceptors (Lipinski definition) is 3. The Kier molecular flexibility index (Phi) is 3.77. The Morgan fingerprint density at radius 3 is 2.75 bits per heavy atom.